The van der Waals surface area contributed by atoms with E-state index >= 15 is 0 Å². The van der Waals surface area contributed by atoms with E-state index in [9.17, 15) is 4.79 Å². The molecule has 0 aliphatic carbocycles. The minimum absolute atomic E-state index is 0.223. The molecule has 39 heavy (non-hydrogen) atoms. The fraction of sp³-hybridized carbons (Fsp3) is 0.200. The molecule has 0 aliphatic rings. The Labute approximate surface area is 228 Å². The summed E-state index contributed by atoms with van der Waals surface area (Å²) >= 11 is 1.29. The van der Waals surface area contributed by atoms with Gasteiger partial charge in [0.05, 0.1) is 23.1 Å². The van der Waals surface area contributed by atoms with Crippen molar-refractivity contribution in [2.24, 2.45) is 0 Å². The first-order valence-corrected chi connectivity index (χ1v) is 13.8. The second-order valence-electron chi connectivity index (χ2n) is 9.17. The van der Waals surface area contributed by atoms with Gasteiger partial charge in [0.15, 0.2) is 11.6 Å². The van der Waals surface area contributed by atoms with Gasteiger partial charge in [-0.2, -0.15) is 14.6 Å². The van der Waals surface area contributed by atoms with Gasteiger partial charge in [-0.1, -0.05) is 55.7 Å². The topological polar surface area (TPSA) is 87.5 Å². The molecule has 0 radical (unpaired) electrons. The molecular weight excluding hydrogens is 510 g/mol. The average molecular weight is 538 g/mol. The number of furan rings is 1. The highest BCUT2D eigenvalue weighted by Gasteiger charge is 2.16. The highest BCUT2D eigenvalue weighted by atomic mass is 32.1. The van der Waals surface area contributed by atoms with Crippen LogP contribution in [0.25, 0.3) is 39.6 Å². The van der Waals surface area contributed by atoms with E-state index in [0.717, 1.165) is 29.0 Å². The van der Waals surface area contributed by atoms with Gasteiger partial charge in [0.1, 0.15) is 11.4 Å². The third kappa shape index (κ3) is 5.26. The Morgan fingerprint density at radius 2 is 1.82 bits per heavy atom. The maximum atomic E-state index is 13.3. The van der Waals surface area contributed by atoms with Gasteiger partial charge >= 0.3 is 0 Å². The predicted molar refractivity (Wildman–Crippen MR) is 152 cm³/mol. The smallest absolute Gasteiger partial charge is 0.291 e. The van der Waals surface area contributed by atoms with Crippen molar-refractivity contribution in [1.82, 2.24) is 24.4 Å². The van der Waals surface area contributed by atoms with Crippen LogP contribution < -0.4 is 14.8 Å². The molecule has 0 unspecified atom stereocenters. The van der Waals surface area contributed by atoms with Crippen molar-refractivity contribution in [3.05, 3.63) is 99.6 Å². The number of fused-ring (bicyclic) bond motifs is 1. The van der Waals surface area contributed by atoms with E-state index in [0.29, 0.717) is 33.4 Å². The van der Waals surface area contributed by atoms with E-state index in [-0.39, 0.29) is 5.56 Å². The number of benzene rings is 2. The first-order valence-electron chi connectivity index (χ1n) is 13.0. The molecule has 0 aliphatic heterocycles. The second kappa shape index (κ2) is 11.1. The highest BCUT2D eigenvalue weighted by Crippen LogP contribution is 2.25. The van der Waals surface area contributed by atoms with Crippen molar-refractivity contribution in [1.29, 1.82) is 0 Å². The first kappa shape index (κ1) is 24.8. The molecule has 0 fully saturated rings. The molecule has 0 saturated heterocycles. The van der Waals surface area contributed by atoms with Crippen LogP contribution in [0.2, 0.25) is 0 Å². The van der Waals surface area contributed by atoms with Crippen LogP contribution in [0.15, 0.2) is 88.4 Å². The maximum absolute atomic E-state index is 13.3. The Morgan fingerprint density at radius 1 is 0.974 bits per heavy atom. The molecule has 2 aromatic carbocycles. The zero-order valence-corrected chi connectivity index (χ0v) is 22.3. The Morgan fingerprint density at radius 3 is 2.56 bits per heavy atom. The lowest BCUT2D eigenvalue weighted by molar-refractivity contribution is 0.305. The summed E-state index contributed by atoms with van der Waals surface area (Å²) < 4.78 is 15.1. The van der Waals surface area contributed by atoms with E-state index in [1.807, 2.05) is 79.0 Å². The van der Waals surface area contributed by atoms with Gasteiger partial charge in [0, 0.05) is 17.3 Å². The summed E-state index contributed by atoms with van der Waals surface area (Å²) in [6.07, 6.45) is 9.99. The van der Waals surface area contributed by atoms with Crippen LogP contribution >= 0.6 is 11.3 Å². The second-order valence-corrected chi connectivity index (χ2v) is 10.2. The molecule has 0 spiro atoms. The van der Waals surface area contributed by atoms with Crippen molar-refractivity contribution in [2.45, 2.75) is 32.6 Å². The lowest BCUT2D eigenvalue weighted by Gasteiger charge is -2.06. The van der Waals surface area contributed by atoms with Gasteiger partial charge in [-0.15, -0.1) is 5.10 Å². The van der Waals surface area contributed by atoms with Gasteiger partial charge in [-0.05, 0) is 61.0 Å². The lowest BCUT2D eigenvalue weighted by Crippen LogP contribution is -2.23. The number of unbranched alkanes of at least 4 members (excludes halogenated alkanes) is 3. The molecule has 196 valence electrons. The summed E-state index contributed by atoms with van der Waals surface area (Å²) in [5, 5.41) is 9.23. The van der Waals surface area contributed by atoms with E-state index in [2.05, 4.69) is 17.0 Å². The van der Waals surface area contributed by atoms with Crippen molar-refractivity contribution < 1.29 is 9.15 Å². The Hall–Kier alpha value is -4.50. The molecule has 6 rings (SSSR count). The molecule has 0 bridgehead atoms. The number of nitrogens with zero attached hydrogens (tertiary/aromatic N) is 5. The molecule has 0 N–H and O–H groups in total. The summed E-state index contributed by atoms with van der Waals surface area (Å²) in [5.41, 5.74) is 2.93. The van der Waals surface area contributed by atoms with Gasteiger partial charge in [0.2, 0.25) is 4.96 Å². The number of para-hydroxylation sites is 1. The Kier molecular flexibility index (Phi) is 7.05. The van der Waals surface area contributed by atoms with Crippen LogP contribution in [0.5, 0.6) is 5.75 Å². The first-order chi connectivity index (χ1) is 19.2. The van der Waals surface area contributed by atoms with Crippen molar-refractivity contribution in [3.63, 3.8) is 0 Å². The van der Waals surface area contributed by atoms with Crippen molar-refractivity contribution >= 4 is 22.4 Å². The fourth-order valence-corrected chi connectivity index (χ4v) is 5.23. The zero-order valence-electron chi connectivity index (χ0n) is 21.5. The summed E-state index contributed by atoms with van der Waals surface area (Å²) in [5.74, 6) is 1.95. The zero-order chi connectivity index (χ0) is 26.6. The third-order valence-corrected chi connectivity index (χ3v) is 7.32. The number of hydrogen-bond donors (Lipinski definition) is 0. The number of thiazole rings is 1. The van der Waals surface area contributed by atoms with E-state index in [1.54, 1.807) is 10.9 Å². The number of rotatable bonds is 10. The summed E-state index contributed by atoms with van der Waals surface area (Å²) in [4.78, 5) is 18.4. The van der Waals surface area contributed by atoms with Crippen LogP contribution in [-0.2, 0) is 0 Å². The normalized spacial score (nSPS) is 12.0. The molecule has 4 aromatic heterocycles. The molecule has 0 atom stereocenters. The monoisotopic (exact) mass is 537 g/mol. The Bertz CT molecular complexity index is 1790. The summed E-state index contributed by atoms with van der Waals surface area (Å²) in [6, 6.07) is 21.2. The minimum atomic E-state index is -0.223. The summed E-state index contributed by atoms with van der Waals surface area (Å²) in [7, 11) is 0. The standard InChI is InChI=1S/C30H27N5O3S/c1-2-3-4-8-17-37-24-15-13-21(14-16-24)28-31-30-35(33-28)29(36)26(39-30)19-22-20-34(23-10-6-5-7-11-23)32-27(22)25-12-9-18-38-25/h5-7,9-16,18-20H,2-4,8,17H2,1H3. The molecule has 8 nitrogen and oxygen atoms in total. The van der Waals surface area contributed by atoms with Gasteiger partial charge in [0.25, 0.3) is 5.56 Å². The Balaban J connectivity index is 1.28. The minimum Gasteiger partial charge on any atom is -0.494 e. The van der Waals surface area contributed by atoms with Crippen molar-refractivity contribution in [2.75, 3.05) is 6.61 Å². The number of ether oxygens (including phenoxy) is 1. The van der Waals surface area contributed by atoms with Crippen LogP contribution in [-0.4, -0.2) is 31.0 Å². The average Bonchev–Trinajstić information content (AvgIpc) is 3.76. The van der Waals surface area contributed by atoms with Crippen LogP contribution in [0.4, 0.5) is 0 Å². The molecule has 0 amide bonds. The molecule has 0 saturated carbocycles. The quantitative estimate of drug-likeness (QED) is 0.206. The summed E-state index contributed by atoms with van der Waals surface area (Å²) in [6.45, 7) is 2.91. The third-order valence-electron chi connectivity index (χ3n) is 6.37. The lowest BCUT2D eigenvalue weighted by atomic mass is 10.2. The largest absolute Gasteiger partial charge is 0.494 e. The molecule has 4 heterocycles. The van der Waals surface area contributed by atoms with Gasteiger partial charge in [-0.25, -0.2) is 4.68 Å². The van der Waals surface area contributed by atoms with E-state index in [4.69, 9.17) is 14.3 Å². The van der Waals surface area contributed by atoms with Crippen LogP contribution in [0.1, 0.15) is 38.2 Å². The molecular formula is C30H27N5O3S. The predicted octanol–water partition coefficient (Wildman–Crippen LogP) is 5.77. The number of aromatic nitrogens is 5. The highest BCUT2D eigenvalue weighted by molar-refractivity contribution is 7.15. The number of hydrogen-bond acceptors (Lipinski definition) is 7. The molecule has 6 aromatic rings. The van der Waals surface area contributed by atoms with Gasteiger partial charge in [-0.3, -0.25) is 4.79 Å². The van der Waals surface area contributed by atoms with Crippen molar-refractivity contribution in [3.8, 4) is 34.3 Å². The fourth-order valence-electron chi connectivity index (χ4n) is 4.33. The molecule has 9 heteroatoms. The van der Waals surface area contributed by atoms with E-state index < -0.39 is 0 Å². The van der Waals surface area contributed by atoms with Gasteiger partial charge < -0.3 is 9.15 Å². The maximum Gasteiger partial charge on any atom is 0.291 e. The van der Waals surface area contributed by atoms with Crippen LogP contribution in [0.3, 0.4) is 0 Å². The van der Waals surface area contributed by atoms with Crippen LogP contribution in [0, 0.1) is 0 Å². The van der Waals surface area contributed by atoms with E-state index in [1.165, 1.54) is 35.1 Å². The SMILES string of the molecule is CCCCCCOc1ccc(-c2nc3sc(=Cc4cn(-c5ccccc5)nc4-c4ccco4)c(=O)n3n2)cc1.